The van der Waals surface area contributed by atoms with E-state index < -0.39 is 0 Å². The second-order valence-corrected chi connectivity index (χ2v) is 8.57. The third kappa shape index (κ3) is 4.13. The van der Waals surface area contributed by atoms with Gasteiger partial charge in [-0.15, -0.1) is 0 Å². The van der Waals surface area contributed by atoms with E-state index in [1.165, 1.54) is 19.3 Å². The Morgan fingerprint density at radius 2 is 1.91 bits per heavy atom. The van der Waals surface area contributed by atoms with Crippen LogP contribution >= 0.6 is 0 Å². The van der Waals surface area contributed by atoms with Gasteiger partial charge in [-0.3, -0.25) is 4.79 Å². The summed E-state index contributed by atoms with van der Waals surface area (Å²) in [5, 5.41) is 3.05. The summed E-state index contributed by atoms with van der Waals surface area (Å²) in [6.45, 7) is 5.14. The molecule has 0 aliphatic carbocycles. The summed E-state index contributed by atoms with van der Waals surface area (Å²) >= 11 is 0. The molecule has 2 aliphatic rings. The maximum Gasteiger partial charge on any atom is 0.227 e. The Hall–Kier alpha value is -3.16. The number of fused-ring (bicyclic) bond motifs is 3. The van der Waals surface area contributed by atoms with Crippen LogP contribution in [0.2, 0.25) is 0 Å². The average molecular weight is 435 g/mol. The summed E-state index contributed by atoms with van der Waals surface area (Å²) in [4.78, 5) is 29.1. The Labute approximate surface area is 188 Å². The summed E-state index contributed by atoms with van der Waals surface area (Å²) in [5.41, 5.74) is 2.65. The van der Waals surface area contributed by atoms with Gasteiger partial charge in [0.2, 0.25) is 5.91 Å². The predicted molar refractivity (Wildman–Crippen MR) is 124 cm³/mol. The van der Waals surface area contributed by atoms with Crippen molar-refractivity contribution in [2.45, 2.75) is 52.0 Å². The molecule has 4 heterocycles. The number of anilines is 2. The molecule has 0 saturated carbocycles. The SMILES string of the molecule is CCOc1ccc(NC(=O)C2CCN(c3ncnc4c3nc3n4CCCCC3)CC2)cc1. The van der Waals surface area contributed by atoms with E-state index in [0.29, 0.717) is 6.61 Å². The number of aryl methyl sites for hydroxylation is 2. The molecule has 5 rings (SSSR count). The molecule has 0 radical (unpaired) electrons. The second-order valence-electron chi connectivity index (χ2n) is 8.57. The number of hydrogen-bond donors (Lipinski definition) is 1. The molecule has 2 aromatic heterocycles. The molecule has 0 spiro atoms. The molecule has 1 N–H and O–H groups in total. The Kier molecular flexibility index (Phi) is 5.92. The van der Waals surface area contributed by atoms with Gasteiger partial charge >= 0.3 is 0 Å². The molecular formula is C24H30N6O2. The van der Waals surface area contributed by atoms with Gasteiger partial charge in [-0.25, -0.2) is 15.0 Å². The fourth-order valence-electron chi connectivity index (χ4n) is 4.76. The Morgan fingerprint density at radius 1 is 1.09 bits per heavy atom. The number of aromatic nitrogens is 4. The largest absolute Gasteiger partial charge is 0.494 e. The van der Waals surface area contributed by atoms with Crippen LogP contribution in [0, 0.1) is 5.92 Å². The van der Waals surface area contributed by atoms with E-state index in [1.807, 2.05) is 31.2 Å². The molecule has 1 aromatic carbocycles. The molecule has 8 nitrogen and oxygen atoms in total. The van der Waals surface area contributed by atoms with Crippen LogP contribution in [0.25, 0.3) is 11.2 Å². The van der Waals surface area contributed by atoms with Crippen molar-refractivity contribution in [1.82, 2.24) is 19.5 Å². The number of nitrogens with zero attached hydrogens (tertiary/aromatic N) is 5. The minimum absolute atomic E-state index is 0.00568. The quantitative estimate of drug-likeness (QED) is 0.657. The lowest BCUT2D eigenvalue weighted by Gasteiger charge is -2.32. The monoisotopic (exact) mass is 434 g/mol. The highest BCUT2D eigenvalue weighted by Gasteiger charge is 2.28. The van der Waals surface area contributed by atoms with Gasteiger partial charge in [0.05, 0.1) is 6.61 Å². The molecule has 168 valence electrons. The lowest BCUT2D eigenvalue weighted by molar-refractivity contribution is -0.120. The first-order valence-electron chi connectivity index (χ1n) is 11.7. The number of benzene rings is 1. The molecule has 1 saturated heterocycles. The maximum absolute atomic E-state index is 12.8. The van der Waals surface area contributed by atoms with Crippen LogP contribution in [0.5, 0.6) is 5.75 Å². The highest BCUT2D eigenvalue weighted by atomic mass is 16.5. The predicted octanol–water partition coefficient (Wildman–Crippen LogP) is 3.81. The van der Waals surface area contributed by atoms with Gasteiger partial charge < -0.3 is 19.5 Å². The highest BCUT2D eigenvalue weighted by molar-refractivity contribution is 5.93. The maximum atomic E-state index is 12.8. The van der Waals surface area contributed by atoms with Crippen LogP contribution in [0.15, 0.2) is 30.6 Å². The number of amides is 1. The van der Waals surface area contributed by atoms with Crippen LogP contribution in [-0.2, 0) is 17.8 Å². The molecule has 2 aliphatic heterocycles. The number of carbonyl (C=O) groups is 1. The van der Waals surface area contributed by atoms with Gasteiger partial charge in [-0.2, -0.15) is 0 Å². The average Bonchev–Trinajstić information content (AvgIpc) is 3.01. The van der Waals surface area contributed by atoms with Crippen LogP contribution in [-0.4, -0.2) is 45.1 Å². The van der Waals surface area contributed by atoms with Gasteiger partial charge in [0.15, 0.2) is 17.0 Å². The van der Waals surface area contributed by atoms with E-state index in [2.05, 4.69) is 24.8 Å². The molecule has 0 atom stereocenters. The lowest BCUT2D eigenvalue weighted by Crippen LogP contribution is -2.38. The summed E-state index contributed by atoms with van der Waals surface area (Å²) in [7, 11) is 0. The number of hydrogen-bond acceptors (Lipinski definition) is 6. The van der Waals surface area contributed by atoms with E-state index in [0.717, 1.165) is 73.1 Å². The fraction of sp³-hybridized carbons (Fsp3) is 0.500. The van der Waals surface area contributed by atoms with Gasteiger partial charge in [0, 0.05) is 37.7 Å². The minimum Gasteiger partial charge on any atom is -0.494 e. The first-order chi connectivity index (χ1) is 15.7. The zero-order valence-corrected chi connectivity index (χ0v) is 18.6. The molecule has 8 heteroatoms. The van der Waals surface area contributed by atoms with E-state index >= 15 is 0 Å². The number of carbonyl (C=O) groups excluding carboxylic acids is 1. The summed E-state index contributed by atoms with van der Waals surface area (Å²) in [5.74, 6) is 2.92. The van der Waals surface area contributed by atoms with Crippen molar-refractivity contribution in [3.63, 3.8) is 0 Å². The normalized spacial score (nSPS) is 17.1. The summed E-state index contributed by atoms with van der Waals surface area (Å²) in [6, 6.07) is 7.54. The van der Waals surface area contributed by atoms with Crippen LogP contribution < -0.4 is 15.0 Å². The zero-order valence-electron chi connectivity index (χ0n) is 18.6. The van der Waals surface area contributed by atoms with E-state index in [9.17, 15) is 4.79 Å². The number of nitrogens with one attached hydrogen (secondary N) is 1. The van der Waals surface area contributed by atoms with E-state index in [4.69, 9.17) is 9.72 Å². The molecule has 1 amide bonds. The Morgan fingerprint density at radius 3 is 2.69 bits per heavy atom. The van der Waals surface area contributed by atoms with Gasteiger partial charge in [0.25, 0.3) is 0 Å². The number of imidazole rings is 1. The first kappa shape index (κ1) is 20.7. The minimum atomic E-state index is -0.00568. The number of ether oxygens (including phenoxy) is 1. The van der Waals surface area contributed by atoms with Crippen LogP contribution in [0.4, 0.5) is 11.5 Å². The smallest absolute Gasteiger partial charge is 0.227 e. The Bertz CT molecular complexity index is 1090. The van der Waals surface area contributed by atoms with Crippen molar-refractivity contribution < 1.29 is 9.53 Å². The van der Waals surface area contributed by atoms with Crippen molar-refractivity contribution in [2.75, 3.05) is 29.9 Å². The standard InChI is InChI=1S/C24H30N6O2/c1-2-32-19-9-7-18(8-10-19)27-24(31)17-11-14-29(15-12-17)22-21-23(26-16-25-22)30-13-5-3-4-6-20(30)28-21/h7-10,16-17H,2-6,11-15H2,1H3,(H,27,31). The van der Waals surface area contributed by atoms with E-state index in [1.54, 1.807) is 6.33 Å². The fourth-order valence-corrected chi connectivity index (χ4v) is 4.76. The lowest BCUT2D eigenvalue weighted by atomic mass is 9.95. The third-order valence-corrected chi connectivity index (χ3v) is 6.47. The third-order valence-electron chi connectivity index (χ3n) is 6.47. The van der Waals surface area contributed by atoms with Crippen molar-refractivity contribution in [3.8, 4) is 5.75 Å². The second kappa shape index (κ2) is 9.14. The summed E-state index contributed by atoms with van der Waals surface area (Å²) in [6.07, 6.45) is 7.85. The first-order valence-corrected chi connectivity index (χ1v) is 11.7. The van der Waals surface area contributed by atoms with Crippen molar-refractivity contribution >= 4 is 28.6 Å². The molecule has 0 bridgehead atoms. The number of piperidine rings is 1. The molecule has 1 fully saturated rings. The van der Waals surface area contributed by atoms with Gasteiger partial charge in [-0.05, 0) is 56.9 Å². The van der Waals surface area contributed by atoms with E-state index in [-0.39, 0.29) is 11.8 Å². The van der Waals surface area contributed by atoms with Crippen LogP contribution in [0.3, 0.4) is 0 Å². The molecule has 3 aromatic rings. The molecular weight excluding hydrogens is 404 g/mol. The molecule has 0 unspecified atom stereocenters. The Balaban J connectivity index is 1.24. The summed E-state index contributed by atoms with van der Waals surface area (Å²) < 4.78 is 7.73. The zero-order chi connectivity index (χ0) is 21.9. The molecule has 32 heavy (non-hydrogen) atoms. The topological polar surface area (TPSA) is 85.2 Å². The van der Waals surface area contributed by atoms with Gasteiger partial charge in [-0.1, -0.05) is 6.42 Å². The highest BCUT2D eigenvalue weighted by Crippen LogP contribution is 2.29. The van der Waals surface area contributed by atoms with Crippen molar-refractivity contribution in [1.29, 1.82) is 0 Å². The van der Waals surface area contributed by atoms with Crippen molar-refractivity contribution in [3.05, 3.63) is 36.4 Å². The van der Waals surface area contributed by atoms with Crippen molar-refractivity contribution in [2.24, 2.45) is 5.92 Å². The number of rotatable bonds is 5. The van der Waals surface area contributed by atoms with Gasteiger partial charge in [0.1, 0.15) is 17.9 Å². The van der Waals surface area contributed by atoms with Crippen LogP contribution in [0.1, 0.15) is 44.9 Å².